The lowest BCUT2D eigenvalue weighted by atomic mass is 9.95. The van der Waals surface area contributed by atoms with Crippen LogP contribution in [-0.2, 0) is 5.41 Å². The lowest BCUT2D eigenvalue weighted by Gasteiger charge is -2.10. The highest BCUT2D eigenvalue weighted by molar-refractivity contribution is 5.46. The Balaban J connectivity index is 2.03. The van der Waals surface area contributed by atoms with Gasteiger partial charge in [0.1, 0.15) is 0 Å². The fourth-order valence-electron chi connectivity index (χ4n) is 2.06. The van der Waals surface area contributed by atoms with E-state index in [2.05, 4.69) is 10.1 Å². The maximum atomic E-state index is 5.68. The Morgan fingerprint density at radius 2 is 1.94 bits per heavy atom. The summed E-state index contributed by atoms with van der Waals surface area (Å²) in [5, 5.41) is 4.03. The smallest absolute Gasteiger partial charge is 0.223 e. The molecular formula is C12H13N3O. The van der Waals surface area contributed by atoms with E-state index < -0.39 is 0 Å². The van der Waals surface area contributed by atoms with E-state index in [1.165, 1.54) is 5.56 Å². The Labute approximate surface area is 93.5 Å². The third-order valence-corrected chi connectivity index (χ3v) is 3.17. The monoisotopic (exact) mass is 215 g/mol. The molecule has 1 aliphatic carbocycles. The maximum absolute atomic E-state index is 5.68. The highest BCUT2D eigenvalue weighted by Crippen LogP contribution is 2.52. The highest BCUT2D eigenvalue weighted by Gasteiger charge is 2.49. The number of hydrogen-bond acceptors (Lipinski definition) is 4. The van der Waals surface area contributed by atoms with Crippen molar-refractivity contribution in [2.75, 3.05) is 5.73 Å². The molecule has 0 radical (unpaired) electrons. The van der Waals surface area contributed by atoms with Crippen LogP contribution in [0.1, 0.15) is 30.1 Å². The van der Waals surface area contributed by atoms with E-state index in [0.717, 1.165) is 24.4 Å². The van der Waals surface area contributed by atoms with E-state index in [4.69, 9.17) is 10.3 Å². The van der Waals surface area contributed by atoms with Crippen molar-refractivity contribution < 1.29 is 4.52 Å². The van der Waals surface area contributed by atoms with Gasteiger partial charge in [-0.15, -0.1) is 0 Å². The molecule has 1 aromatic heterocycles. The quantitative estimate of drug-likeness (QED) is 0.778. The minimum Gasteiger partial charge on any atom is -0.399 e. The molecule has 3 rings (SSSR count). The number of benzene rings is 1. The van der Waals surface area contributed by atoms with Crippen LogP contribution < -0.4 is 5.73 Å². The molecule has 0 aliphatic heterocycles. The van der Waals surface area contributed by atoms with E-state index in [0.29, 0.717) is 5.89 Å². The van der Waals surface area contributed by atoms with E-state index >= 15 is 0 Å². The van der Waals surface area contributed by atoms with Crippen LogP contribution in [0.15, 0.2) is 28.8 Å². The molecule has 0 bridgehead atoms. The summed E-state index contributed by atoms with van der Waals surface area (Å²) >= 11 is 0. The van der Waals surface area contributed by atoms with Gasteiger partial charge in [-0.1, -0.05) is 17.3 Å². The van der Waals surface area contributed by atoms with Gasteiger partial charge in [0, 0.05) is 12.6 Å². The average molecular weight is 215 g/mol. The molecule has 0 amide bonds. The van der Waals surface area contributed by atoms with Crippen molar-refractivity contribution in [2.24, 2.45) is 0 Å². The molecule has 0 unspecified atom stereocenters. The van der Waals surface area contributed by atoms with Crippen LogP contribution in [0.3, 0.4) is 0 Å². The first-order valence-electron chi connectivity index (χ1n) is 5.37. The number of nitrogens with two attached hydrogens (primary N) is 1. The van der Waals surface area contributed by atoms with E-state index in [-0.39, 0.29) is 5.41 Å². The van der Waals surface area contributed by atoms with Gasteiger partial charge >= 0.3 is 0 Å². The summed E-state index contributed by atoms with van der Waals surface area (Å²) in [6, 6.07) is 7.94. The van der Waals surface area contributed by atoms with Crippen molar-refractivity contribution >= 4 is 5.69 Å². The normalized spacial score (nSPS) is 17.3. The summed E-state index contributed by atoms with van der Waals surface area (Å²) < 4.78 is 5.05. The molecule has 0 atom stereocenters. The molecule has 1 fully saturated rings. The van der Waals surface area contributed by atoms with Gasteiger partial charge in [-0.05, 0) is 30.5 Å². The predicted octanol–water partition coefficient (Wildman–Crippen LogP) is 2.04. The van der Waals surface area contributed by atoms with E-state index in [9.17, 15) is 0 Å². The summed E-state index contributed by atoms with van der Waals surface area (Å²) in [5.41, 5.74) is 7.67. The van der Waals surface area contributed by atoms with Crippen molar-refractivity contribution in [3.05, 3.63) is 41.5 Å². The van der Waals surface area contributed by atoms with Gasteiger partial charge < -0.3 is 10.3 Å². The molecule has 2 aromatic rings. The van der Waals surface area contributed by atoms with Crippen LogP contribution in [-0.4, -0.2) is 10.1 Å². The Morgan fingerprint density at radius 3 is 2.44 bits per heavy atom. The van der Waals surface area contributed by atoms with Crippen LogP contribution in [0, 0.1) is 6.92 Å². The summed E-state index contributed by atoms with van der Waals surface area (Å²) in [5.74, 6) is 1.42. The number of aryl methyl sites for hydroxylation is 1. The van der Waals surface area contributed by atoms with Gasteiger partial charge in [0.25, 0.3) is 0 Å². The van der Waals surface area contributed by atoms with Crippen molar-refractivity contribution in [2.45, 2.75) is 25.2 Å². The summed E-state index contributed by atoms with van der Waals surface area (Å²) in [7, 11) is 0. The summed E-state index contributed by atoms with van der Waals surface area (Å²) in [6.07, 6.45) is 2.16. The zero-order valence-electron chi connectivity index (χ0n) is 9.10. The Bertz CT molecular complexity index is 511. The summed E-state index contributed by atoms with van der Waals surface area (Å²) in [4.78, 5) is 4.33. The van der Waals surface area contributed by atoms with Crippen LogP contribution in [0.4, 0.5) is 5.69 Å². The molecule has 4 heteroatoms. The zero-order chi connectivity index (χ0) is 11.2. The topological polar surface area (TPSA) is 64.9 Å². The third-order valence-electron chi connectivity index (χ3n) is 3.17. The van der Waals surface area contributed by atoms with Crippen molar-refractivity contribution in [3.8, 4) is 0 Å². The predicted molar refractivity (Wildman–Crippen MR) is 59.9 cm³/mol. The SMILES string of the molecule is Cc1nc(C2(c3ccc(N)cc3)CC2)no1. The number of anilines is 1. The van der Waals surface area contributed by atoms with Gasteiger partial charge in [0.2, 0.25) is 5.89 Å². The molecule has 4 nitrogen and oxygen atoms in total. The van der Waals surface area contributed by atoms with Crippen molar-refractivity contribution in [1.29, 1.82) is 0 Å². The molecule has 16 heavy (non-hydrogen) atoms. The first-order valence-corrected chi connectivity index (χ1v) is 5.37. The molecule has 0 spiro atoms. The molecule has 2 N–H and O–H groups in total. The third kappa shape index (κ3) is 1.30. The van der Waals surface area contributed by atoms with E-state index in [1.54, 1.807) is 0 Å². The van der Waals surface area contributed by atoms with Crippen LogP contribution in [0.25, 0.3) is 0 Å². The fourth-order valence-corrected chi connectivity index (χ4v) is 2.06. The number of rotatable bonds is 2. The van der Waals surface area contributed by atoms with Crippen LogP contribution in [0.5, 0.6) is 0 Å². The number of aromatic nitrogens is 2. The molecule has 1 heterocycles. The molecule has 82 valence electrons. The largest absolute Gasteiger partial charge is 0.399 e. The minimum absolute atomic E-state index is 0.0224. The maximum Gasteiger partial charge on any atom is 0.223 e. The Kier molecular flexibility index (Phi) is 1.80. The fraction of sp³-hybridized carbons (Fsp3) is 0.333. The minimum atomic E-state index is -0.0224. The number of hydrogen-bond donors (Lipinski definition) is 1. The number of nitrogen functional groups attached to an aromatic ring is 1. The van der Waals surface area contributed by atoms with Crippen molar-refractivity contribution in [1.82, 2.24) is 10.1 Å². The second kappa shape index (κ2) is 3.07. The second-order valence-corrected chi connectivity index (χ2v) is 4.34. The first kappa shape index (κ1) is 9.39. The molecule has 0 saturated heterocycles. The Hall–Kier alpha value is -1.84. The van der Waals surface area contributed by atoms with Gasteiger partial charge in [-0.25, -0.2) is 0 Å². The lowest BCUT2D eigenvalue weighted by molar-refractivity contribution is 0.384. The van der Waals surface area contributed by atoms with Gasteiger partial charge in [-0.3, -0.25) is 0 Å². The van der Waals surface area contributed by atoms with E-state index in [1.807, 2.05) is 31.2 Å². The van der Waals surface area contributed by atoms with Gasteiger partial charge in [0.05, 0.1) is 5.41 Å². The first-order chi connectivity index (χ1) is 7.71. The van der Waals surface area contributed by atoms with Crippen LogP contribution in [0.2, 0.25) is 0 Å². The van der Waals surface area contributed by atoms with Gasteiger partial charge in [0.15, 0.2) is 5.82 Å². The lowest BCUT2D eigenvalue weighted by Crippen LogP contribution is -2.10. The van der Waals surface area contributed by atoms with Gasteiger partial charge in [-0.2, -0.15) is 4.98 Å². The highest BCUT2D eigenvalue weighted by atomic mass is 16.5. The average Bonchev–Trinajstić information content (AvgIpc) is 2.97. The standard InChI is InChI=1S/C12H13N3O/c1-8-14-11(15-16-8)12(6-7-12)9-2-4-10(13)5-3-9/h2-5H,6-7,13H2,1H3. The molecule has 1 aliphatic rings. The zero-order valence-corrected chi connectivity index (χ0v) is 9.10. The second-order valence-electron chi connectivity index (χ2n) is 4.34. The van der Waals surface area contributed by atoms with Crippen LogP contribution >= 0.6 is 0 Å². The summed E-state index contributed by atoms with van der Waals surface area (Å²) in [6.45, 7) is 1.82. The molecular weight excluding hydrogens is 202 g/mol. The number of nitrogens with zero attached hydrogens (tertiary/aromatic N) is 2. The van der Waals surface area contributed by atoms with Crippen molar-refractivity contribution in [3.63, 3.8) is 0 Å². The Morgan fingerprint density at radius 1 is 1.25 bits per heavy atom. The molecule has 1 aromatic carbocycles. The molecule has 1 saturated carbocycles.